The van der Waals surface area contributed by atoms with Crippen LogP contribution in [-0.2, 0) is 47.3 Å². The number of ether oxygens (including phenoxy) is 2. The van der Waals surface area contributed by atoms with Crippen molar-refractivity contribution >= 4 is 35.4 Å². The Hall–Kier alpha value is -3.71. The van der Waals surface area contributed by atoms with E-state index < -0.39 is 48.4 Å². The van der Waals surface area contributed by atoms with Crippen LogP contribution in [0.1, 0.15) is 48.8 Å². The number of fused-ring (bicyclic) bond motifs is 2. The fraction of sp³-hybridized carbons (Fsp3) is 0.500. The standard InChI is InChI=1S/C32H37ClN2O10/c33-26-6-5-23(36)14-21(26)13-22(17-34-11-8-32(9-12-34)25-4-2-1-3-20(25)19-44-32)29(40)35-10-7-24(18-35)45-28(39)16-31(43,30(41)42)15-27(37)38/h1-6,14,22,24,36,43H,7-13,15-19H2,(H,37,38)(H,41,42)/t22?,24-,31?/m1/s1. The van der Waals surface area contributed by atoms with Gasteiger partial charge < -0.3 is 39.7 Å². The lowest BCUT2D eigenvalue weighted by atomic mass is 9.83. The molecule has 2 saturated heterocycles. The molecule has 1 spiro atoms. The van der Waals surface area contributed by atoms with Crippen molar-refractivity contribution in [1.29, 1.82) is 0 Å². The zero-order valence-corrected chi connectivity index (χ0v) is 25.4. The van der Waals surface area contributed by atoms with Gasteiger partial charge in [-0.1, -0.05) is 35.9 Å². The predicted molar refractivity (Wildman–Crippen MR) is 159 cm³/mol. The first-order chi connectivity index (χ1) is 21.4. The summed E-state index contributed by atoms with van der Waals surface area (Å²) >= 11 is 6.44. The van der Waals surface area contributed by atoms with E-state index in [0.717, 1.165) is 25.9 Å². The largest absolute Gasteiger partial charge is 0.508 e. The lowest BCUT2D eigenvalue weighted by molar-refractivity contribution is -0.173. The molecule has 12 nitrogen and oxygen atoms in total. The zero-order valence-electron chi connectivity index (χ0n) is 24.7. The van der Waals surface area contributed by atoms with Gasteiger partial charge in [0.1, 0.15) is 11.9 Å². The van der Waals surface area contributed by atoms with Crippen LogP contribution < -0.4 is 0 Å². The van der Waals surface area contributed by atoms with E-state index >= 15 is 0 Å². The summed E-state index contributed by atoms with van der Waals surface area (Å²) in [5, 5.41) is 38.9. The van der Waals surface area contributed by atoms with E-state index in [1.807, 2.05) is 12.1 Å². The molecule has 0 bridgehead atoms. The van der Waals surface area contributed by atoms with E-state index in [1.54, 1.807) is 17.0 Å². The van der Waals surface area contributed by atoms with Gasteiger partial charge in [0.25, 0.3) is 0 Å². The first-order valence-electron chi connectivity index (χ1n) is 15.0. The first-order valence-corrected chi connectivity index (χ1v) is 15.3. The van der Waals surface area contributed by atoms with Gasteiger partial charge in [0, 0.05) is 37.6 Å². The van der Waals surface area contributed by atoms with Crippen molar-refractivity contribution in [1.82, 2.24) is 9.80 Å². The molecule has 0 saturated carbocycles. The lowest BCUT2D eigenvalue weighted by Gasteiger charge is -2.40. The van der Waals surface area contributed by atoms with Crippen LogP contribution >= 0.6 is 11.6 Å². The molecular weight excluding hydrogens is 608 g/mol. The number of rotatable bonds is 11. The van der Waals surface area contributed by atoms with Crippen LogP contribution in [0.2, 0.25) is 5.02 Å². The first kappa shape index (κ1) is 32.7. The normalized spacial score (nSPS) is 21.2. The number of phenolic OH excluding ortho intramolecular Hbond substituents is 1. The number of hydrogen-bond donors (Lipinski definition) is 4. The van der Waals surface area contributed by atoms with Gasteiger partial charge in [-0.05, 0) is 54.2 Å². The third-order valence-corrected chi connectivity index (χ3v) is 9.40. The molecule has 2 unspecified atom stereocenters. The summed E-state index contributed by atoms with van der Waals surface area (Å²) in [4.78, 5) is 52.7. The number of carboxylic acid groups (broad SMARTS) is 2. The summed E-state index contributed by atoms with van der Waals surface area (Å²) in [6.07, 6.45) is -0.818. The highest BCUT2D eigenvalue weighted by molar-refractivity contribution is 6.31. The van der Waals surface area contributed by atoms with E-state index in [0.29, 0.717) is 30.2 Å². The van der Waals surface area contributed by atoms with E-state index in [4.69, 9.17) is 26.2 Å². The Kier molecular flexibility index (Phi) is 9.68. The maximum Gasteiger partial charge on any atom is 0.336 e. The number of nitrogens with zero attached hydrogens (tertiary/aromatic N) is 2. The van der Waals surface area contributed by atoms with Crippen LogP contribution in [0.25, 0.3) is 0 Å². The number of aromatic hydroxyl groups is 1. The van der Waals surface area contributed by atoms with Gasteiger partial charge in [0.2, 0.25) is 5.91 Å². The Balaban J connectivity index is 1.24. The molecule has 2 aromatic carbocycles. The van der Waals surface area contributed by atoms with Gasteiger partial charge in [-0.3, -0.25) is 14.4 Å². The Morgan fingerprint density at radius 1 is 1.07 bits per heavy atom. The molecule has 4 N–H and O–H groups in total. The minimum atomic E-state index is -2.80. The van der Waals surface area contributed by atoms with Crippen molar-refractivity contribution in [2.45, 2.75) is 62.4 Å². The highest BCUT2D eigenvalue weighted by atomic mass is 35.5. The van der Waals surface area contributed by atoms with Crippen LogP contribution in [0, 0.1) is 5.92 Å². The third-order valence-electron chi connectivity index (χ3n) is 9.03. The van der Waals surface area contributed by atoms with Crippen molar-refractivity contribution in [3.05, 3.63) is 64.2 Å². The summed E-state index contributed by atoms with van der Waals surface area (Å²) in [5.41, 5.74) is -0.0706. The second-order valence-electron chi connectivity index (χ2n) is 12.2. The Morgan fingerprint density at radius 2 is 1.80 bits per heavy atom. The third kappa shape index (κ3) is 7.41. The van der Waals surface area contributed by atoms with Crippen molar-refractivity contribution in [3.8, 4) is 5.75 Å². The summed E-state index contributed by atoms with van der Waals surface area (Å²) in [6.45, 7) is 2.80. The molecule has 45 heavy (non-hydrogen) atoms. The monoisotopic (exact) mass is 644 g/mol. The van der Waals surface area contributed by atoms with Crippen LogP contribution in [-0.4, -0.2) is 98.5 Å². The number of hydrogen-bond acceptors (Lipinski definition) is 9. The number of carbonyl (C=O) groups excluding carboxylic acids is 2. The number of likely N-dealkylation sites (tertiary alicyclic amines) is 2. The minimum absolute atomic E-state index is 0.0370. The van der Waals surface area contributed by atoms with Gasteiger partial charge >= 0.3 is 17.9 Å². The number of carboxylic acids is 2. The molecule has 3 aliphatic rings. The molecule has 13 heteroatoms. The predicted octanol–water partition coefficient (Wildman–Crippen LogP) is 2.55. The molecule has 5 rings (SSSR count). The Labute approximate surface area is 265 Å². The average molecular weight is 645 g/mol. The highest BCUT2D eigenvalue weighted by Gasteiger charge is 2.44. The van der Waals surface area contributed by atoms with Crippen molar-refractivity contribution < 1.29 is 49.1 Å². The Bertz CT molecular complexity index is 1460. The number of phenols is 1. The molecule has 2 aromatic rings. The van der Waals surface area contributed by atoms with E-state index in [2.05, 4.69) is 17.0 Å². The number of benzene rings is 2. The summed E-state index contributed by atoms with van der Waals surface area (Å²) in [6, 6.07) is 12.9. The van der Waals surface area contributed by atoms with Crippen LogP contribution in [0.3, 0.4) is 0 Å². The second kappa shape index (κ2) is 13.3. The number of aliphatic hydroxyl groups is 1. The van der Waals surface area contributed by atoms with E-state index in [1.165, 1.54) is 17.2 Å². The lowest BCUT2D eigenvalue weighted by Crippen LogP contribution is -2.47. The fourth-order valence-corrected chi connectivity index (χ4v) is 6.83. The van der Waals surface area contributed by atoms with Gasteiger partial charge in [0.15, 0.2) is 5.60 Å². The zero-order chi connectivity index (χ0) is 32.4. The second-order valence-corrected chi connectivity index (χ2v) is 12.6. The molecule has 3 aliphatic heterocycles. The summed E-state index contributed by atoms with van der Waals surface area (Å²) < 4.78 is 11.7. The van der Waals surface area contributed by atoms with Crippen LogP contribution in [0.15, 0.2) is 42.5 Å². The van der Waals surface area contributed by atoms with E-state index in [-0.39, 0.29) is 36.8 Å². The van der Waals surface area contributed by atoms with Crippen molar-refractivity contribution in [2.75, 3.05) is 32.7 Å². The topological polar surface area (TPSA) is 174 Å². The van der Waals surface area contributed by atoms with Gasteiger partial charge in [0.05, 0.1) is 37.5 Å². The maximum atomic E-state index is 13.9. The van der Waals surface area contributed by atoms with Crippen molar-refractivity contribution in [3.63, 3.8) is 0 Å². The fourth-order valence-electron chi connectivity index (χ4n) is 6.63. The van der Waals surface area contributed by atoms with Crippen LogP contribution in [0.5, 0.6) is 5.75 Å². The number of esters is 1. The smallest absolute Gasteiger partial charge is 0.336 e. The van der Waals surface area contributed by atoms with E-state index in [9.17, 15) is 34.5 Å². The molecular formula is C32H37ClN2O10. The molecule has 0 radical (unpaired) electrons. The number of aliphatic carboxylic acids is 2. The van der Waals surface area contributed by atoms with Crippen LogP contribution in [0.4, 0.5) is 0 Å². The SMILES string of the molecule is O=C(O)CC(O)(CC(=O)O[C@@H]1CCN(C(=O)C(Cc2cc(O)ccc2Cl)CN2CCC3(CC2)OCc2ccccc23)C1)C(=O)O. The molecule has 0 aromatic heterocycles. The molecule has 3 atom stereocenters. The summed E-state index contributed by atoms with van der Waals surface area (Å²) in [5.74, 6) is -5.16. The molecule has 2 fully saturated rings. The summed E-state index contributed by atoms with van der Waals surface area (Å²) in [7, 11) is 0. The number of piperidine rings is 1. The number of carbonyl (C=O) groups is 4. The molecule has 1 amide bonds. The Morgan fingerprint density at radius 3 is 2.51 bits per heavy atom. The molecule has 0 aliphatic carbocycles. The number of amides is 1. The number of halogens is 1. The minimum Gasteiger partial charge on any atom is -0.508 e. The maximum absolute atomic E-state index is 13.9. The van der Waals surface area contributed by atoms with Gasteiger partial charge in [-0.15, -0.1) is 0 Å². The highest BCUT2D eigenvalue weighted by Crippen LogP contribution is 2.44. The van der Waals surface area contributed by atoms with Gasteiger partial charge in [-0.2, -0.15) is 0 Å². The average Bonchev–Trinajstić information content (AvgIpc) is 3.60. The van der Waals surface area contributed by atoms with Gasteiger partial charge in [-0.25, -0.2) is 4.79 Å². The quantitative estimate of drug-likeness (QED) is 0.265. The molecule has 242 valence electrons. The van der Waals surface area contributed by atoms with Crippen molar-refractivity contribution in [2.24, 2.45) is 5.92 Å². The molecule has 3 heterocycles.